The first-order valence-electron chi connectivity index (χ1n) is 7.05. The molecule has 6 heteroatoms. The lowest BCUT2D eigenvalue weighted by molar-refractivity contribution is 0.345. The molecule has 6 nitrogen and oxygen atoms in total. The molecule has 4 N–H and O–H groups in total. The smallest absolute Gasteiger partial charge is 0.148 e. The molecule has 2 rings (SSSR count). The van der Waals surface area contributed by atoms with E-state index in [4.69, 9.17) is 5.84 Å². The standard InChI is InChI=1S/C13H24N6/c1-3-11-12(16-9-17-13(11)18-14)15-7-10-5-6-19(4-2)8-10/h9-10H,3-8,14H2,1-2H3,(H2,15,16,17,18). The minimum Gasteiger partial charge on any atom is -0.369 e. The zero-order chi connectivity index (χ0) is 13.7. The van der Waals surface area contributed by atoms with Crippen molar-refractivity contribution < 1.29 is 0 Å². The molecule has 0 spiro atoms. The SMILES string of the molecule is CCc1c(NN)ncnc1NCC1CCN(CC)C1. The Bertz CT molecular complexity index is 408. The molecule has 1 aromatic heterocycles. The Morgan fingerprint density at radius 2 is 2.16 bits per heavy atom. The number of nitrogens with one attached hydrogen (secondary N) is 2. The fourth-order valence-electron chi connectivity index (χ4n) is 2.63. The third-order valence-electron chi connectivity index (χ3n) is 3.81. The number of hydrazine groups is 1. The van der Waals surface area contributed by atoms with Gasteiger partial charge in [0, 0.05) is 18.7 Å². The highest BCUT2D eigenvalue weighted by molar-refractivity contribution is 5.56. The van der Waals surface area contributed by atoms with Crippen molar-refractivity contribution in [2.75, 3.05) is 36.9 Å². The summed E-state index contributed by atoms with van der Waals surface area (Å²) in [7, 11) is 0. The van der Waals surface area contributed by atoms with E-state index in [0.29, 0.717) is 11.7 Å². The van der Waals surface area contributed by atoms with Crippen LogP contribution >= 0.6 is 0 Å². The van der Waals surface area contributed by atoms with Crippen molar-refractivity contribution in [3.8, 4) is 0 Å². The molecule has 106 valence electrons. The number of aromatic nitrogens is 2. The monoisotopic (exact) mass is 264 g/mol. The van der Waals surface area contributed by atoms with Gasteiger partial charge in [-0.25, -0.2) is 15.8 Å². The van der Waals surface area contributed by atoms with Gasteiger partial charge in [0.1, 0.15) is 18.0 Å². The maximum absolute atomic E-state index is 5.47. The molecule has 2 heterocycles. The average molecular weight is 264 g/mol. The van der Waals surface area contributed by atoms with Crippen molar-refractivity contribution in [3.63, 3.8) is 0 Å². The van der Waals surface area contributed by atoms with Crippen LogP contribution in [-0.4, -0.2) is 41.0 Å². The van der Waals surface area contributed by atoms with Gasteiger partial charge < -0.3 is 15.6 Å². The van der Waals surface area contributed by atoms with Gasteiger partial charge in [0.15, 0.2) is 0 Å². The number of rotatable bonds is 6. The van der Waals surface area contributed by atoms with Gasteiger partial charge in [0.2, 0.25) is 0 Å². The molecule has 0 bridgehead atoms. The Kier molecular flexibility index (Phi) is 4.93. The van der Waals surface area contributed by atoms with Crippen LogP contribution in [0.4, 0.5) is 11.6 Å². The van der Waals surface area contributed by atoms with Crippen LogP contribution in [-0.2, 0) is 6.42 Å². The van der Waals surface area contributed by atoms with Gasteiger partial charge >= 0.3 is 0 Å². The molecule has 1 fully saturated rings. The van der Waals surface area contributed by atoms with Crippen LogP contribution < -0.4 is 16.6 Å². The number of hydrogen-bond donors (Lipinski definition) is 3. The molecule has 1 aliphatic rings. The van der Waals surface area contributed by atoms with E-state index in [1.807, 2.05) is 0 Å². The summed E-state index contributed by atoms with van der Waals surface area (Å²) in [5.74, 6) is 7.79. The Hall–Kier alpha value is -1.40. The lowest BCUT2D eigenvalue weighted by Crippen LogP contribution is -2.23. The second kappa shape index (κ2) is 6.68. The summed E-state index contributed by atoms with van der Waals surface area (Å²) in [6.45, 7) is 8.80. The van der Waals surface area contributed by atoms with Crippen molar-refractivity contribution in [3.05, 3.63) is 11.9 Å². The fraction of sp³-hybridized carbons (Fsp3) is 0.692. The van der Waals surface area contributed by atoms with E-state index in [1.165, 1.54) is 19.5 Å². The van der Waals surface area contributed by atoms with E-state index >= 15 is 0 Å². The summed E-state index contributed by atoms with van der Waals surface area (Å²) < 4.78 is 0. The zero-order valence-corrected chi connectivity index (χ0v) is 11.8. The molecular formula is C13H24N6. The Balaban J connectivity index is 1.96. The highest BCUT2D eigenvalue weighted by atomic mass is 15.3. The van der Waals surface area contributed by atoms with E-state index in [-0.39, 0.29) is 0 Å². The lowest BCUT2D eigenvalue weighted by Gasteiger charge is -2.16. The molecule has 1 aliphatic heterocycles. The molecule has 1 atom stereocenters. The van der Waals surface area contributed by atoms with Gasteiger partial charge in [-0.1, -0.05) is 13.8 Å². The number of nitrogens with two attached hydrogens (primary N) is 1. The van der Waals surface area contributed by atoms with E-state index in [9.17, 15) is 0 Å². The summed E-state index contributed by atoms with van der Waals surface area (Å²) in [4.78, 5) is 11.0. The quantitative estimate of drug-likeness (QED) is 0.527. The second-order valence-corrected chi connectivity index (χ2v) is 4.98. The third-order valence-corrected chi connectivity index (χ3v) is 3.81. The lowest BCUT2D eigenvalue weighted by atomic mass is 10.1. The maximum Gasteiger partial charge on any atom is 0.148 e. The van der Waals surface area contributed by atoms with E-state index < -0.39 is 0 Å². The van der Waals surface area contributed by atoms with Crippen molar-refractivity contribution in [1.82, 2.24) is 14.9 Å². The summed E-state index contributed by atoms with van der Waals surface area (Å²) in [6, 6.07) is 0. The van der Waals surface area contributed by atoms with E-state index in [2.05, 4.69) is 39.5 Å². The van der Waals surface area contributed by atoms with E-state index in [0.717, 1.165) is 30.9 Å². The van der Waals surface area contributed by atoms with Gasteiger partial charge in [0.05, 0.1) is 0 Å². The van der Waals surface area contributed by atoms with Crippen molar-refractivity contribution in [2.45, 2.75) is 26.7 Å². The number of anilines is 2. The third kappa shape index (κ3) is 3.33. The number of hydrogen-bond acceptors (Lipinski definition) is 6. The molecule has 1 saturated heterocycles. The Labute approximate surface area is 114 Å². The van der Waals surface area contributed by atoms with Crippen LogP contribution in [0, 0.1) is 5.92 Å². The first-order chi connectivity index (χ1) is 9.28. The highest BCUT2D eigenvalue weighted by Crippen LogP contribution is 2.21. The minimum absolute atomic E-state index is 0.703. The normalized spacial score (nSPS) is 19.6. The minimum atomic E-state index is 0.703. The first kappa shape index (κ1) is 14.0. The molecule has 0 saturated carbocycles. The van der Waals surface area contributed by atoms with Gasteiger partial charge in [0.25, 0.3) is 0 Å². The highest BCUT2D eigenvalue weighted by Gasteiger charge is 2.21. The number of nitrogens with zero attached hydrogens (tertiary/aromatic N) is 3. The molecule has 1 unspecified atom stereocenters. The molecule has 0 amide bonds. The summed E-state index contributed by atoms with van der Waals surface area (Å²) in [6.07, 6.45) is 3.66. The molecular weight excluding hydrogens is 240 g/mol. The predicted octanol–water partition coefficient (Wildman–Crippen LogP) is 1.08. The van der Waals surface area contributed by atoms with Crippen LogP contribution in [0.15, 0.2) is 6.33 Å². The Morgan fingerprint density at radius 3 is 2.79 bits per heavy atom. The second-order valence-electron chi connectivity index (χ2n) is 4.98. The zero-order valence-electron chi connectivity index (χ0n) is 11.8. The van der Waals surface area contributed by atoms with Gasteiger partial charge in [-0.05, 0) is 31.8 Å². The summed E-state index contributed by atoms with van der Waals surface area (Å²) in [5, 5.41) is 3.45. The van der Waals surface area contributed by atoms with Gasteiger partial charge in [-0.2, -0.15) is 0 Å². The summed E-state index contributed by atoms with van der Waals surface area (Å²) >= 11 is 0. The van der Waals surface area contributed by atoms with Crippen molar-refractivity contribution in [1.29, 1.82) is 0 Å². The molecule has 1 aromatic rings. The van der Waals surface area contributed by atoms with Crippen LogP contribution in [0.5, 0.6) is 0 Å². The molecule has 0 aliphatic carbocycles. The van der Waals surface area contributed by atoms with Crippen LogP contribution in [0.2, 0.25) is 0 Å². The fourth-order valence-corrected chi connectivity index (χ4v) is 2.63. The van der Waals surface area contributed by atoms with Crippen molar-refractivity contribution >= 4 is 11.6 Å². The number of likely N-dealkylation sites (tertiary alicyclic amines) is 1. The van der Waals surface area contributed by atoms with Gasteiger partial charge in [-0.3, -0.25) is 0 Å². The molecule has 0 aromatic carbocycles. The maximum atomic E-state index is 5.47. The topological polar surface area (TPSA) is 79.1 Å². The van der Waals surface area contributed by atoms with Crippen molar-refractivity contribution in [2.24, 2.45) is 11.8 Å². The predicted molar refractivity (Wildman–Crippen MR) is 77.9 cm³/mol. The van der Waals surface area contributed by atoms with Crippen LogP contribution in [0.25, 0.3) is 0 Å². The van der Waals surface area contributed by atoms with E-state index in [1.54, 1.807) is 6.33 Å². The largest absolute Gasteiger partial charge is 0.369 e. The summed E-state index contributed by atoms with van der Waals surface area (Å²) in [5.41, 5.74) is 3.68. The first-order valence-corrected chi connectivity index (χ1v) is 7.05. The molecule has 19 heavy (non-hydrogen) atoms. The van der Waals surface area contributed by atoms with Gasteiger partial charge in [-0.15, -0.1) is 0 Å². The van der Waals surface area contributed by atoms with Crippen LogP contribution in [0.1, 0.15) is 25.8 Å². The average Bonchev–Trinajstić information content (AvgIpc) is 2.92. The Morgan fingerprint density at radius 1 is 1.37 bits per heavy atom. The molecule has 0 radical (unpaired) electrons. The van der Waals surface area contributed by atoms with Crippen LogP contribution in [0.3, 0.4) is 0 Å². The number of nitrogen functional groups attached to an aromatic ring is 1.